The highest BCUT2D eigenvalue weighted by atomic mass is 15.2. The number of aliphatic imine (C=N–C) groups is 1. The summed E-state index contributed by atoms with van der Waals surface area (Å²) in [5.74, 6) is 1.96. The van der Waals surface area contributed by atoms with Crippen LogP contribution in [-0.2, 0) is 0 Å². The minimum absolute atomic E-state index is 0.375. The lowest BCUT2D eigenvalue weighted by molar-refractivity contribution is 0.288. The van der Waals surface area contributed by atoms with Gasteiger partial charge < -0.3 is 4.90 Å². The minimum atomic E-state index is 0.375. The van der Waals surface area contributed by atoms with Crippen LogP contribution in [0.4, 0.5) is 0 Å². The quantitative estimate of drug-likeness (QED) is 0.608. The standard InChI is InChI=1S/C11H22N2/c1-9-6-7-13(10(9)12-5)8-11(2,3)4/h9H,6-8H2,1-5H3. The molecule has 0 amide bonds. The van der Waals surface area contributed by atoms with E-state index >= 15 is 0 Å². The predicted molar refractivity (Wildman–Crippen MR) is 58.2 cm³/mol. The molecule has 0 N–H and O–H groups in total. The van der Waals surface area contributed by atoms with Gasteiger partial charge in [0.1, 0.15) is 5.84 Å². The third kappa shape index (κ3) is 2.71. The summed E-state index contributed by atoms with van der Waals surface area (Å²) in [6, 6.07) is 0. The summed E-state index contributed by atoms with van der Waals surface area (Å²) in [6.07, 6.45) is 1.27. The molecule has 2 heteroatoms. The molecule has 1 aliphatic heterocycles. The lowest BCUT2D eigenvalue weighted by atomic mass is 9.96. The highest BCUT2D eigenvalue weighted by molar-refractivity contribution is 5.86. The third-order valence-electron chi connectivity index (χ3n) is 2.49. The zero-order chi connectivity index (χ0) is 10.1. The molecule has 0 aliphatic carbocycles. The van der Waals surface area contributed by atoms with Gasteiger partial charge in [0.25, 0.3) is 0 Å². The summed E-state index contributed by atoms with van der Waals surface area (Å²) >= 11 is 0. The van der Waals surface area contributed by atoms with E-state index in [1.165, 1.54) is 18.8 Å². The van der Waals surface area contributed by atoms with Gasteiger partial charge in [-0.25, -0.2) is 0 Å². The first-order chi connectivity index (χ1) is 5.94. The van der Waals surface area contributed by atoms with Crippen LogP contribution >= 0.6 is 0 Å². The van der Waals surface area contributed by atoms with Crippen LogP contribution in [0, 0.1) is 11.3 Å². The van der Waals surface area contributed by atoms with Gasteiger partial charge >= 0.3 is 0 Å². The van der Waals surface area contributed by atoms with E-state index < -0.39 is 0 Å². The van der Waals surface area contributed by atoms with Crippen LogP contribution in [0.25, 0.3) is 0 Å². The van der Waals surface area contributed by atoms with Crippen molar-refractivity contribution in [3.8, 4) is 0 Å². The molecule has 1 rings (SSSR count). The fourth-order valence-corrected chi connectivity index (χ4v) is 2.00. The molecule has 0 aromatic rings. The molecule has 0 spiro atoms. The first kappa shape index (κ1) is 10.6. The largest absolute Gasteiger partial charge is 0.360 e. The second kappa shape index (κ2) is 3.69. The van der Waals surface area contributed by atoms with Crippen molar-refractivity contribution in [2.45, 2.75) is 34.1 Å². The zero-order valence-electron chi connectivity index (χ0n) is 9.59. The first-order valence-corrected chi connectivity index (χ1v) is 5.15. The minimum Gasteiger partial charge on any atom is -0.360 e. The SMILES string of the molecule is CN=C1C(C)CCN1CC(C)(C)C. The van der Waals surface area contributed by atoms with Gasteiger partial charge in [-0.1, -0.05) is 27.7 Å². The fraction of sp³-hybridized carbons (Fsp3) is 0.909. The maximum absolute atomic E-state index is 4.38. The molecular weight excluding hydrogens is 160 g/mol. The van der Waals surface area contributed by atoms with Gasteiger partial charge in [0, 0.05) is 26.1 Å². The number of likely N-dealkylation sites (tertiary alicyclic amines) is 1. The number of hydrogen-bond acceptors (Lipinski definition) is 1. The number of nitrogens with zero attached hydrogens (tertiary/aromatic N) is 2. The Hall–Kier alpha value is -0.530. The van der Waals surface area contributed by atoms with Crippen molar-refractivity contribution < 1.29 is 0 Å². The van der Waals surface area contributed by atoms with Gasteiger partial charge in [0.05, 0.1) is 0 Å². The van der Waals surface area contributed by atoms with Crippen LogP contribution in [0.1, 0.15) is 34.1 Å². The van der Waals surface area contributed by atoms with Crippen molar-refractivity contribution in [2.24, 2.45) is 16.3 Å². The molecule has 1 fully saturated rings. The molecule has 0 saturated carbocycles. The second-order valence-corrected chi connectivity index (χ2v) is 5.25. The molecule has 2 nitrogen and oxygen atoms in total. The monoisotopic (exact) mass is 182 g/mol. The van der Waals surface area contributed by atoms with Crippen molar-refractivity contribution in [2.75, 3.05) is 20.1 Å². The van der Waals surface area contributed by atoms with Crippen LogP contribution in [0.15, 0.2) is 4.99 Å². The Bertz CT molecular complexity index is 201. The van der Waals surface area contributed by atoms with E-state index in [4.69, 9.17) is 0 Å². The second-order valence-electron chi connectivity index (χ2n) is 5.25. The maximum atomic E-state index is 4.38. The van der Waals surface area contributed by atoms with Crippen LogP contribution < -0.4 is 0 Å². The molecule has 0 bridgehead atoms. The molecule has 1 saturated heterocycles. The molecule has 1 heterocycles. The van der Waals surface area contributed by atoms with Gasteiger partial charge in [-0.15, -0.1) is 0 Å². The Balaban J connectivity index is 2.62. The molecular formula is C11H22N2. The Morgan fingerprint density at radius 3 is 2.54 bits per heavy atom. The van der Waals surface area contributed by atoms with E-state index in [0.29, 0.717) is 11.3 Å². The van der Waals surface area contributed by atoms with E-state index in [9.17, 15) is 0 Å². The topological polar surface area (TPSA) is 15.6 Å². The summed E-state index contributed by atoms with van der Waals surface area (Å²) in [6.45, 7) is 11.4. The van der Waals surface area contributed by atoms with E-state index in [0.717, 1.165) is 6.54 Å². The predicted octanol–water partition coefficient (Wildman–Crippen LogP) is 2.40. The normalized spacial score (nSPS) is 27.3. The van der Waals surface area contributed by atoms with Crippen molar-refractivity contribution in [1.82, 2.24) is 4.90 Å². The lowest BCUT2D eigenvalue weighted by Crippen LogP contribution is -2.34. The van der Waals surface area contributed by atoms with E-state index in [2.05, 4.69) is 37.6 Å². The van der Waals surface area contributed by atoms with Gasteiger partial charge in [0.15, 0.2) is 0 Å². The summed E-state index contributed by atoms with van der Waals surface area (Å²) in [5.41, 5.74) is 0.375. The molecule has 0 radical (unpaired) electrons. The van der Waals surface area contributed by atoms with Crippen LogP contribution in [0.3, 0.4) is 0 Å². The van der Waals surface area contributed by atoms with Gasteiger partial charge in [-0.3, -0.25) is 4.99 Å². The molecule has 13 heavy (non-hydrogen) atoms. The fourth-order valence-electron chi connectivity index (χ4n) is 2.00. The van der Waals surface area contributed by atoms with E-state index in [-0.39, 0.29) is 0 Å². The number of hydrogen-bond donors (Lipinski definition) is 0. The maximum Gasteiger partial charge on any atom is 0.101 e. The summed E-state index contributed by atoms with van der Waals surface area (Å²) < 4.78 is 0. The molecule has 1 atom stereocenters. The summed E-state index contributed by atoms with van der Waals surface area (Å²) in [7, 11) is 1.91. The highest BCUT2D eigenvalue weighted by Gasteiger charge is 2.28. The Kier molecular flexibility index (Phi) is 2.99. The Morgan fingerprint density at radius 2 is 2.08 bits per heavy atom. The Morgan fingerprint density at radius 1 is 1.46 bits per heavy atom. The van der Waals surface area contributed by atoms with Gasteiger partial charge in [-0.2, -0.15) is 0 Å². The smallest absolute Gasteiger partial charge is 0.101 e. The highest BCUT2D eigenvalue weighted by Crippen LogP contribution is 2.23. The van der Waals surface area contributed by atoms with Gasteiger partial charge in [0.2, 0.25) is 0 Å². The number of rotatable bonds is 1. The van der Waals surface area contributed by atoms with Crippen molar-refractivity contribution in [1.29, 1.82) is 0 Å². The Labute approximate surface area is 82.0 Å². The molecule has 0 aromatic carbocycles. The van der Waals surface area contributed by atoms with Crippen LogP contribution in [0.2, 0.25) is 0 Å². The first-order valence-electron chi connectivity index (χ1n) is 5.15. The lowest BCUT2D eigenvalue weighted by Gasteiger charge is -2.28. The third-order valence-corrected chi connectivity index (χ3v) is 2.49. The average Bonchev–Trinajstić information content (AvgIpc) is 2.28. The molecule has 1 aliphatic rings. The summed E-state index contributed by atoms with van der Waals surface area (Å²) in [5, 5.41) is 0. The number of amidine groups is 1. The van der Waals surface area contributed by atoms with Crippen LogP contribution in [0.5, 0.6) is 0 Å². The average molecular weight is 182 g/mol. The van der Waals surface area contributed by atoms with Crippen LogP contribution in [-0.4, -0.2) is 30.9 Å². The molecule has 0 aromatic heterocycles. The molecule has 1 unspecified atom stereocenters. The molecule has 76 valence electrons. The van der Waals surface area contributed by atoms with Crippen molar-refractivity contribution >= 4 is 5.84 Å². The van der Waals surface area contributed by atoms with Crippen molar-refractivity contribution in [3.05, 3.63) is 0 Å². The summed E-state index contributed by atoms with van der Waals surface area (Å²) in [4.78, 5) is 6.81. The van der Waals surface area contributed by atoms with E-state index in [1.807, 2.05) is 7.05 Å². The van der Waals surface area contributed by atoms with Crippen molar-refractivity contribution in [3.63, 3.8) is 0 Å². The zero-order valence-corrected chi connectivity index (χ0v) is 9.59. The van der Waals surface area contributed by atoms with Gasteiger partial charge in [-0.05, 0) is 11.8 Å². The van der Waals surface area contributed by atoms with E-state index in [1.54, 1.807) is 0 Å².